The van der Waals surface area contributed by atoms with E-state index < -0.39 is 0 Å². The summed E-state index contributed by atoms with van der Waals surface area (Å²) in [7, 11) is 0. The van der Waals surface area contributed by atoms with Gasteiger partial charge in [-0.2, -0.15) is 0 Å². The summed E-state index contributed by atoms with van der Waals surface area (Å²) in [5, 5.41) is 4.02. The van der Waals surface area contributed by atoms with Crippen LogP contribution in [0.3, 0.4) is 0 Å². The van der Waals surface area contributed by atoms with Crippen molar-refractivity contribution in [3.8, 4) is 5.69 Å². The molecule has 0 saturated carbocycles. The molecule has 0 fully saturated rings. The van der Waals surface area contributed by atoms with Crippen LogP contribution < -0.4 is 10.9 Å². The van der Waals surface area contributed by atoms with E-state index in [2.05, 4.69) is 5.32 Å². The number of benzene rings is 3. The molecule has 0 aliphatic carbocycles. The average Bonchev–Trinajstić information content (AvgIpc) is 2.80. The van der Waals surface area contributed by atoms with Gasteiger partial charge in [0.1, 0.15) is 0 Å². The summed E-state index contributed by atoms with van der Waals surface area (Å²) in [6, 6.07) is 20.9. The Bertz CT molecular complexity index is 1370. The van der Waals surface area contributed by atoms with Gasteiger partial charge in [-0.3, -0.25) is 14.2 Å². The maximum Gasteiger partial charge on any atom is 0.266 e. The number of hydrogen-bond acceptors (Lipinski definition) is 5. The molecule has 1 heterocycles. The third-order valence-electron chi connectivity index (χ3n) is 5.28. The Balaban J connectivity index is 1.71. The number of aryl methyl sites for hydroxylation is 1. The summed E-state index contributed by atoms with van der Waals surface area (Å²) in [5.74, 6) is -0.00957. The van der Waals surface area contributed by atoms with Gasteiger partial charge in [-0.05, 0) is 61.6 Å². The molecule has 0 atom stereocenters. The van der Waals surface area contributed by atoms with Crippen molar-refractivity contribution in [3.05, 3.63) is 88.2 Å². The van der Waals surface area contributed by atoms with E-state index in [4.69, 9.17) is 4.98 Å². The fourth-order valence-electron chi connectivity index (χ4n) is 3.46. The molecule has 1 N–H and O–H groups in total. The molecule has 0 radical (unpaired) electrons. The van der Waals surface area contributed by atoms with Crippen molar-refractivity contribution in [3.63, 3.8) is 0 Å². The molecule has 0 aliphatic rings. The normalized spacial score (nSPS) is 11.0. The second kappa shape index (κ2) is 9.63. The molecule has 0 aliphatic heterocycles. The van der Waals surface area contributed by atoms with Crippen molar-refractivity contribution in [1.82, 2.24) is 9.55 Å². The van der Waals surface area contributed by atoms with Crippen molar-refractivity contribution in [1.29, 1.82) is 0 Å². The number of rotatable bonds is 6. The molecule has 1 aromatic heterocycles. The van der Waals surface area contributed by atoms with E-state index in [9.17, 15) is 9.59 Å². The number of carbonyl (C=O) groups excluding carboxylic acids is 1. The lowest BCUT2D eigenvalue weighted by atomic mass is 10.1. The van der Waals surface area contributed by atoms with Gasteiger partial charge in [-0.15, -0.1) is 11.8 Å². The molecule has 4 rings (SSSR count). The van der Waals surface area contributed by atoms with Gasteiger partial charge in [-0.25, -0.2) is 4.98 Å². The Morgan fingerprint density at radius 2 is 1.75 bits per heavy atom. The second-order valence-corrected chi connectivity index (χ2v) is 9.10. The first-order valence-corrected chi connectivity index (χ1v) is 12.3. The predicted molar refractivity (Wildman–Crippen MR) is 134 cm³/mol. The zero-order valence-corrected chi connectivity index (χ0v) is 19.7. The van der Waals surface area contributed by atoms with E-state index in [0.717, 1.165) is 27.4 Å². The highest BCUT2D eigenvalue weighted by molar-refractivity contribution is 7.99. The van der Waals surface area contributed by atoms with Crippen molar-refractivity contribution in [2.75, 3.05) is 17.3 Å². The molecule has 3 aromatic carbocycles. The Morgan fingerprint density at radius 1 is 1.00 bits per heavy atom. The van der Waals surface area contributed by atoms with E-state index in [-0.39, 0.29) is 17.2 Å². The van der Waals surface area contributed by atoms with Crippen LogP contribution in [0.25, 0.3) is 16.6 Å². The highest BCUT2D eigenvalue weighted by atomic mass is 32.2. The minimum atomic E-state index is -0.147. The average molecular weight is 462 g/mol. The molecular weight excluding hydrogens is 438 g/mol. The van der Waals surface area contributed by atoms with E-state index in [0.29, 0.717) is 16.1 Å². The summed E-state index contributed by atoms with van der Waals surface area (Å²) < 4.78 is 1.62. The van der Waals surface area contributed by atoms with Gasteiger partial charge in [0.25, 0.3) is 5.56 Å². The molecule has 0 unspecified atom stereocenters. The van der Waals surface area contributed by atoms with Gasteiger partial charge in [0.15, 0.2) is 5.16 Å². The molecule has 162 valence electrons. The van der Waals surface area contributed by atoms with Crippen LogP contribution in [0.15, 0.2) is 81.6 Å². The van der Waals surface area contributed by atoms with Gasteiger partial charge in [-0.1, -0.05) is 48.2 Å². The molecule has 32 heavy (non-hydrogen) atoms. The lowest BCUT2D eigenvalue weighted by Gasteiger charge is -2.16. The van der Waals surface area contributed by atoms with Gasteiger partial charge in [0.2, 0.25) is 5.91 Å². The van der Waals surface area contributed by atoms with Crippen LogP contribution in [0.5, 0.6) is 0 Å². The Labute approximate surface area is 195 Å². The molecule has 0 spiro atoms. The first kappa shape index (κ1) is 22.2. The minimum absolute atomic E-state index is 0.137. The maximum atomic E-state index is 13.4. The molecule has 4 aromatic rings. The molecule has 0 saturated heterocycles. The zero-order valence-electron chi connectivity index (χ0n) is 18.1. The fraction of sp³-hybridized carbons (Fsp3) is 0.160. The number of hydrogen-bond donors (Lipinski definition) is 1. The van der Waals surface area contributed by atoms with E-state index in [1.165, 1.54) is 11.8 Å². The number of thioether (sulfide) groups is 2. The Kier molecular flexibility index (Phi) is 6.67. The van der Waals surface area contributed by atoms with Crippen LogP contribution in [0, 0.1) is 13.8 Å². The maximum absolute atomic E-state index is 13.4. The number of amides is 1. The highest BCUT2D eigenvalue weighted by Crippen LogP contribution is 2.27. The first-order chi connectivity index (χ1) is 15.5. The molecular formula is C25H23N3O2S2. The van der Waals surface area contributed by atoms with Gasteiger partial charge in [0, 0.05) is 4.90 Å². The number of nitrogens with zero attached hydrogens (tertiary/aromatic N) is 2. The van der Waals surface area contributed by atoms with Crippen LogP contribution >= 0.6 is 23.5 Å². The number of aromatic nitrogens is 2. The molecule has 7 heteroatoms. The van der Waals surface area contributed by atoms with Crippen molar-refractivity contribution in [2.24, 2.45) is 0 Å². The molecule has 5 nitrogen and oxygen atoms in total. The quantitative estimate of drug-likeness (QED) is 0.305. The number of anilines is 1. The van der Waals surface area contributed by atoms with Crippen LogP contribution in [-0.2, 0) is 4.79 Å². The summed E-state index contributed by atoms with van der Waals surface area (Å²) >= 11 is 2.84. The SMILES string of the molecule is CSc1ccccc1NC(=O)CSc1nc2ccccc2c(=O)n1-c1cccc(C)c1C. The monoisotopic (exact) mass is 461 g/mol. The lowest BCUT2D eigenvalue weighted by Crippen LogP contribution is -2.23. The fourth-order valence-corrected chi connectivity index (χ4v) is 4.82. The summed E-state index contributed by atoms with van der Waals surface area (Å²) in [4.78, 5) is 31.9. The Hall–Kier alpha value is -3.03. The predicted octanol–water partition coefficient (Wildman–Crippen LogP) is 5.46. The largest absolute Gasteiger partial charge is 0.324 e. The summed E-state index contributed by atoms with van der Waals surface area (Å²) in [6.07, 6.45) is 1.97. The highest BCUT2D eigenvalue weighted by Gasteiger charge is 2.17. The summed E-state index contributed by atoms with van der Waals surface area (Å²) in [6.45, 7) is 4.01. The number of carbonyl (C=O) groups is 1. The summed E-state index contributed by atoms with van der Waals surface area (Å²) in [5.41, 5.74) is 4.14. The van der Waals surface area contributed by atoms with Crippen molar-refractivity contribution in [2.45, 2.75) is 23.9 Å². The van der Waals surface area contributed by atoms with Crippen LogP contribution in [-0.4, -0.2) is 27.5 Å². The lowest BCUT2D eigenvalue weighted by molar-refractivity contribution is -0.113. The minimum Gasteiger partial charge on any atom is -0.324 e. The van der Waals surface area contributed by atoms with Gasteiger partial charge < -0.3 is 5.32 Å². The van der Waals surface area contributed by atoms with Gasteiger partial charge >= 0.3 is 0 Å². The van der Waals surface area contributed by atoms with Gasteiger partial charge in [0.05, 0.1) is 28.0 Å². The smallest absolute Gasteiger partial charge is 0.266 e. The molecule has 1 amide bonds. The number of para-hydroxylation sites is 2. The second-order valence-electron chi connectivity index (χ2n) is 7.31. The standard InChI is InChI=1S/C25H23N3O2S2/c1-16-9-8-13-21(17(16)2)28-24(30)18-10-4-5-11-19(18)27-25(28)32-15-23(29)26-20-12-6-7-14-22(20)31-3/h4-14H,15H2,1-3H3,(H,26,29). The zero-order chi connectivity index (χ0) is 22.7. The third kappa shape index (κ3) is 4.45. The van der Waals surface area contributed by atoms with E-state index in [1.807, 2.05) is 80.8 Å². The van der Waals surface area contributed by atoms with Crippen molar-refractivity contribution >= 4 is 46.0 Å². The topological polar surface area (TPSA) is 64.0 Å². The number of fused-ring (bicyclic) bond motifs is 1. The third-order valence-corrected chi connectivity index (χ3v) is 7.01. The first-order valence-electron chi connectivity index (χ1n) is 10.1. The van der Waals surface area contributed by atoms with E-state index >= 15 is 0 Å². The molecule has 0 bridgehead atoms. The van der Waals surface area contributed by atoms with E-state index in [1.54, 1.807) is 22.4 Å². The number of nitrogens with one attached hydrogen (secondary N) is 1. The Morgan fingerprint density at radius 3 is 2.56 bits per heavy atom. The van der Waals surface area contributed by atoms with Crippen molar-refractivity contribution < 1.29 is 4.79 Å². The van der Waals surface area contributed by atoms with Crippen LogP contribution in [0.2, 0.25) is 0 Å². The van der Waals surface area contributed by atoms with Crippen LogP contribution in [0.4, 0.5) is 5.69 Å². The van der Waals surface area contributed by atoms with Crippen LogP contribution in [0.1, 0.15) is 11.1 Å².